The van der Waals surface area contributed by atoms with Crippen molar-refractivity contribution < 1.29 is 9.53 Å². The van der Waals surface area contributed by atoms with Gasteiger partial charge in [0.2, 0.25) is 5.91 Å². The highest BCUT2D eigenvalue weighted by atomic mass is 79.9. The Labute approximate surface area is 137 Å². The van der Waals surface area contributed by atoms with E-state index >= 15 is 0 Å². The molecule has 0 aliphatic heterocycles. The van der Waals surface area contributed by atoms with Gasteiger partial charge in [-0.3, -0.25) is 4.79 Å². The number of anilines is 1. The molecule has 0 saturated heterocycles. The molecule has 5 heteroatoms. The number of hydrogen-bond acceptors (Lipinski definition) is 3. The molecular weight excluding hydrogens is 350 g/mol. The lowest BCUT2D eigenvalue weighted by Crippen LogP contribution is -2.22. The van der Waals surface area contributed by atoms with Crippen molar-refractivity contribution in [2.45, 2.75) is 17.1 Å². The van der Waals surface area contributed by atoms with Crippen LogP contribution in [0.2, 0.25) is 0 Å². The van der Waals surface area contributed by atoms with Crippen molar-refractivity contribution in [1.29, 1.82) is 0 Å². The van der Waals surface area contributed by atoms with Crippen LogP contribution in [0.15, 0.2) is 57.9 Å². The maximum atomic E-state index is 12.3. The minimum Gasteiger partial charge on any atom is -0.495 e. The zero-order valence-corrected chi connectivity index (χ0v) is 14.2. The van der Waals surface area contributed by atoms with Crippen LogP contribution in [0.1, 0.15) is 6.92 Å². The van der Waals surface area contributed by atoms with Gasteiger partial charge in [0.25, 0.3) is 0 Å². The minimum absolute atomic E-state index is 0.0553. The molecule has 2 rings (SSSR count). The van der Waals surface area contributed by atoms with Crippen LogP contribution in [0.25, 0.3) is 0 Å². The van der Waals surface area contributed by atoms with Crippen LogP contribution in [0, 0.1) is 0 Å². The molecule has 2 aromatic rings. The van der Waals surface area contributed by atoms with E-state index in [0.29, 0.717) is 11.4 Å². The van der Waals surface area contributed by atoms with Gasteiger partial charge in [-0.1, -0.05) is 24.3 Å². The molecule has 0 aliphatic rings. The molecular formula is C16H16BrNO2S. The number of methoxy groups -OCH3 is 1. The van der Waals surface area contributed by atoms with Crippen molar-refractivity contribution in [2.75, 3.05) is 12.4 Å². The lowest BCUT2D eigenvalue weighted by Gasteiger charge is -2.14. The van der Waals surface area contributed by atoms with Crippen LogP contribution >= 0.6 is 27.7 Å². The third kappa shape index (κ3) is 4.25. The van der Waals surface area contributed by atoms with Gasteiger partial charge in [0.05, 0.1) is 18.0 Å². The molecule has 2 aromatic carbocycles. The monoisotopic (exact) mass is 365 g/mol. The standard InChI is InChI=1S/C16H16BrNO2S/c1-11(21-15-10-6-3-7-12(15)17)16(19)18-13-8-4-5-9-14(13)20-2/h3-11H,1-2H3,(H,18,19). The van der Waals surface area contributed by atoms with Crippen molar-refractivity contribution in [3.63, 3.8) is 0 Å². The summed E-state index contributed by atoms with van der Waals surface area (Å²) in [6.07, 6.45) is 0. The number of hydrogen-bond donors (Lipinski definition) is 1. The molecule has 1 N–H and O–H groups in total. The van der Waals surface area contributed by atoms with Gasteiger partial charge in [0, 0.05) is 9.37 Å². The molecule has 1 atom stereocenters. The summed E-state index contributed by atoms with van der Waals surface area (Å²) in [7, 11) is 1.59. The summed E-state index contributed by atoms with van der Waals surface area (Å²) in [5.74, 6) is 0.601. The van der Waals surface area contributed by atoms with E-state index in [1.54, 1.807) is 7.11 Å². The van der Waals surface area contributed by atoms with Crippen LogP contribution in [-0.4, -0.2) is 18.3 Å². The predicted molar refractivity (Wildman–Crippen MR) is 91.1 cm³/mol. The van der Waals surface area contributed by atoms with E-state index in [2.05, 4.69) is 21.2 Å². The molecule has 0 radical (unpaired) electrons. The predicted octanol–water partition coefficient (Wildman–Crippen LogP) is 4.58. The Morgan fingerprint density at radius 2 is 1.86 bits per heavy atom. The molecule has 1 amide bonds. The van der Waals surface area contributed by atoms with Crippen molar-refractivity contribution >= 4 is 39.3 Å². The summed E-state index contributed by atoms with van der Waals surface area (Å²) in [5, 5.41) is 2.69. The number of thioether (sulfide) groups is 1. The number of amides is 1. The Hall–Kier alpha value is -1.46. The highest BCUT2D eigenvalue weighted by Gasteiger charge is 2.17. The lowest BCUT2D eigenvalue weighted by atomic mass is 10.3. The van der Waals surface area contributed by atoms with Gasteiger partial charge in [-0.05, 0) is 47.1 Å². The van der Waals surface area contributed by atoms with E-state index in [4.69, 9.17) is 4.74 Å². The van der Waals surface area contributed by atoms with E-state index in [1.165, 1.54) is 11.8 Å². The van der Waals surface area contributed by atoms with Crippen molar-refractivity contribution in [3.8, 4) is 5.75 Å². The van der Waals surface area contributed by atoms with Gasteiger partial charge in [0.15, 0.2) is 0 Å². The van der Waals surface area contributed by atoms with Gasteiger partial charge in [-0.15, -0.1) is 11.8 Å². The number of nitrogens with one attached hydrogen (secondary N) is 1. The van der Waals surface area contributed by atoms with Crippen LogP contribution in [0.3, 0.4) is 0 Å². The minimum atomic E-state index is -0.214. The zero-order valence-electron chi connectivity index (χ0n) is 11.8. The second kappa shape index (κ2) is 7.52. The average molecular weight is 366 g/mol. The summed E-state index contributed by atoms with van der Waals surface area (Å²) in [6, 6.07) is 15.2. The number of carbonyl (C=O) groups excluding carboxylic acids is 1. The van der Waals surface area contributed by atoms with Crippen LogP contribution in [0.5, 0.6) is 5.75 Å². The van der Waals surface area contributed by atoms with Crippen LogP contribution in [-0.2, 0) is 4.79 Å². The molecule has 21 heavy (non-hydrogen) atoms. The van der Waals surface area contributed by atoms with Gasteiger partial charge >= 0.3 is 0 Å². The highest BCUT2D eigenvalue weighted by Crippen LogP contribution is 2.31. The summed E-state index contributed by atoms with van der Waals surface area (Å²) < 4.78 is 6.23. The first-order chi connectivity index (χ1) is 10.1. The number of halogens is 1. The van der Waals surface area contributed by atoms with Crippen molar-refractivity contribution in [2.24, 2.45) is 0 Å². The number of carbonyl (C=O) groups is 1. The normalized spacial score (nSPS) is 11.8. The number of rotatable bonds is 5. The average Bonchev–Trinajstić information content (AvgIpc) is 2.50. The number of benzene rings is 2. The Morgan fingerprint density at radius 3 is 2.57 bits per heavy atom. The number of para-hydroxylation sites is 2. The van der Waals surface area contributed by atoms with Crippen molar-refractivity contribution in [3.05, 3.63) is 53.0 Å². The van der Waals surface area contributed by atoms with E-state index < -0.39 is 0 Å². The second-order valence-corrected chi connectivity index (χ2v) is 6.62. The van der Waals surface area contributed by atoms with E-state index in [0.717, 1.165) is 9.37 Å². The van der Waals surface area contributed by atoms with E-state index in [9.17, 15) is 4.79 Å². The molecule has 0 spiro atoms. The number of ether oxygens (including phenoxy) is 1. The fourth-order valence-electron chi connectivity index (χ4n) is 1.77. The molecule has 0 saturated carbocycles. The summed E-state index contributed by atoms with van der Waals surface area (Å²) in [5.41, 5.74) is 0.685. The maximum Gasteiger partial charge on any atom is 0.237 e. The molecule has 110 valence electrons. The summed E-state index contributed by atoms with van der Waals surface area (Å²) in [6.45, 7) is 1.88. The van der Waals surface area contributed by atoms with Crippen molar-refractivity contribution in [1.82, 2.24) is 0 Å². The summed E-state index contributed by atoms with van der Waals surface area (Å²) in [4.78, 5) is 13.3. The smallest absolute Gasteiger partial charge is 0.237 e. The lowest BCUT2D eigenvalue weighted by molar-refractivity contribution is -0.115. The topological polar surface area (TPSA) is 38.3 Å². The van der Waals surface area contributed by atoms with Crippen LogP contribution in [0.4, 0.5) is 5.69 Å². The van der Waals surface area contributed by atoms with Gasteiger partial charge in [0.1, 0.15) is 5.75 Å². The third-order valence-electron chi connectivity index (χ3n) is 2.87. The molecule has 0 bridgehead atoms. The highest BCUT2D eigenvalue weighted by molar-refractivity contribution is 9.10. The molecule has 0 aliphatic carbocycles. The van der Waals surface area contributed by atoms with Gasteiger partial charge in [-0.25, -0.2) is 0 Å². The summed E-state index contributed by atoms with van der Waals surface area (Å²) >= 11 is 5.00. The largest absolute Gasteiger partial charge is 0.495 e. The van der Waals surface area contributed by atoms with Crippen LogP contribution < -0.4 is 10.1 Å². The van der Waals surface area contributed by atoms with E-state index in [-0.39, 0.29) is 11.2 Å². The van der Waals surface area contributed by atoms with Gasteiger partial charge < -0.3 is 10.1 Å². The molecule has 1 unspecified atom stereocenters. The fourth-order valence-corrected chi connectivity index (χ4v) is 3.22. The fraction of sp³-hybridized carbons (Fsp3) is 0.188. The molecule has 0 aromatic heterocycles. The zero-order chi connectivity index (χ0) is 15.2. The Bertz CT molecular complexity index is 633. The first kappa shape index (κ1) is 15.9. The first-order valence-corrected chi connectivity index (χ1v) is 8.14. The maximum absolute atomic E-state index is 12.3. The van der Waals surface area contributed by atoms with Gasteiger partial charge in [-0.2, -0.15) is 0 Å². The Kier molecular flexibility index (Phi) is 5.70. The Morgan fingerprint density at radius 1 is 1.19 bits per heavy atom. The first-order valence-electron chi connectivity index (χ1n) is 6.47. The SMILES string of the molecule is COc1ccccc1NC(=O)C(C)Sc1ccccc1Br. The molecule has 0 heterocycles. The molecule has 0 fully saturated rings. The van der Waals surface area contributed by atoms with E-state index in [1.807, 2.05) is 55.5 Å². The third-order valence-corrected chi connectivity index (χ3v) is 5.01. The Balaban J connectivity index is 2.05. The molecule has 3 nitrogen and oxygen atoms in total. The quantitative estimate of drug-likeness (QED) is 0.788. The second-order valence-electron chi connectivity index (χ2n) is 4.38.